The first-order valence-electron chi connectivity index (χ1n) is 8.97. The zero-order chi connectivity index (χ0) is 17.5. The van der Waals surface area contributed by atoms with E-state index in [1.54, 1.807) is 7.11 Å². The molecular weight excluding hydrogens is 312 g/mol. The summed E-state index contributed by atoms with van der Waals surface area (Å²) in [6, 6.07) is 15.7. The molecule has 0 radical (unpaired) electrons. The average Bonchev–Trinajstić information content (AvgIpc) is 2.65. The first kappa shape index (κ1) is 17.5. The summed E-state index contributed by atoms with van der Waals surface area (Å²) in [4.78, 5) is 14.9. The lowest BCUT2D eigenvalue weighted by Gasteiger charge is -2.27. The number of carbonyl (C=O) groups is 1. The number of ether oxygens (including phenoxy) is 1. The van der Waals surface area contributed by atoms with Crippen LogP contribution in [0, 0.1) is 0 Å². The van der Waals surface area contributed by atoms with Gasteiger partial charge in [0.05, 0.1) is 13.5 Å². The maximum Gasteiger partial charge on any atom is 0.228 e. The number of para-hydroxylation sites is 1. The molecule has 0 aromatic heterocycles. The molecule has 1 aliphatic rings. The Labute approximate surface area is 149 Å². The zero-order valence-corrected chi connectivity index (χ0v) is 14.8. The summed E-state index contributed by atoms with van der Waals surface area (Å²) in [6.07, 6.45) is 4.23. The van der Waals surface area contributed by atoms with Gasteiger partial charge in [0.15, 0.2) is 0 Å². The van der Waals surface area contributed by atoms with Crippen LogP contribution in [0.15, 0.2) is 48.5 Å². The van der Waals surface area contributed by atoms with Crippen molar-refractivity contribution in [2.24, 2.45) is 0 Å². The van der Waals surface area contributed by atoms with Crippen LogP contribution in [-0.4, -0.2) is 31.0 Å². The van der Waals surface area contributed by atoms with E-state index in [4.69, 9.17) is 4.74 Å². The van der Waals surface area contributed by atoms with Crippen LogP contribution in [0.2, 0.25) is 0 Å². The van der Waals surface area contributed by atoms with Crippen LogP contribution in [0.5, 0.6) is 5.75 Å². The SMILES string of the molecule is COc1ccc(CC(=O)Nc2ccccc2CN2CCCCC2)cc1. The molecule has 25 heavy (non-hydrogen) atoms. The largest absolute Gasteiger partial charge is 0.497 e. The molecule has 1 heterocycles. The highest BCUT2D eigenvalue weighted by Gasteiger charge is 2.13. The van der Waals surface area contributed by atoms with Gasteiger partial charge in [-0.15, -0.1) is 0 Å². The van der Waals surface area contributed by atoms with E-state index >= 15 is 0 Å². The van der Waals surface area contributed by atoms with Gasteiger partial charge in [0.25, 0.3) is 0 Å². The number of amides is 1. The number of methoxy groups -OCH3 is 1. The Hall–Kier alpha value is -2.33. The van der Waals surface area contributed by atoms with E-state index in [9.17, 15) is 4.79 Å². The minimum Gasteiger partial charge on any atom is -0.497 e. The Balaban J connectivity index is 1.62. The van der Waals surface area contributed by atoms with Gasteiger partial charge in [-0.05, 0) is 55.3 Å². The van der Waals surface area contributed by atoms with Gasteiger partial charge in [0, 0.05) is 12.2 Å². The van der Waals surface area contributed by atoms with Gasteiger partial charge in [-0.3, -0.25) is 9.69 Å². The average molecular weight is 338 g/mol. The van der Waals surface area contributed by atoms with Gasteiger partial charge in [0.2, 0.25) is 5.91 Å². The fraction of sp³-hybridized carbons (Fsp3) is 0.381. The summed E-state index contributed by atoms with van der Waals surface area (Å²) >= 11 is 0. The maximum atomic E-state index is 12.4. The van der Waals surface area contributed by atoms with Crippen molar-refractivity contribution in [2.45, 2.75) is 32.2 Å². The predicted molar refractivity (Wildman–Crippen MR) is 101 cm³/mol. The number of carbonyl (C=O) groups excluding carboxylic acids is 1. The minimum absolute atomic E-state index is 0.0104. The summed E-state index contributed by atoms with van der Waals surface area (Å²) in [6.45, 7) is 3.20. The molecule has 0 aliphatic carbocycles. The molecule has 3 rings (SSSR count). The molecule has 0 unspecified atom stereocenters. The van der Waals surface area contributed by atoms with E-state index < -0.39 is 0 Å². The van der Waals surface area contributed by atoms with Crippen LogP contribution in [0.4, 0.5) is 5.69 Å². The number of benzene rings is 2. The number of piperidine rings is 1. The molecule has 0 saturated carbocycles. The van der Waals surface area contributed by atoms with Crippen LogP contribution in [-0.2, 0) is 17.8 Å². The monoisotopic (exact) mass is 338 g/mol. The highest BCUT2D eigenvalue weighted by atomic mass is 16.5. The predicted octanol–water partition coefficient (Wildman–Crippen LogP) is 3.86. The summed E-state index contributed by atoms with van der Waals surface area (Å²) < 4.78 is 5.15. The van der Waals surface area contributed by atoms with E-state index in [2.05, 4.69) is 16.3 Å². The lowest BCUT2D eigenvalue weighted by Crippen LogP contribution is -2.29. The normalized spacial score (nSPS) is 14.9. The summed E-state index contributed by atoms with van der Waals surface area (Å²) in [5.74, 6) is 0.812. The fourth-order valence-electron chi connectivity index (χ4n) is 3.26. The Bertz CT molecular complexity index is 691. The summed E-state index contributed by atoms with van der Waals surface area (Å²) in [5, 5.41) is 3.08. The Morgan fingerprint density at radius 2 is 1.76 bits per heavy atom. The van der Waals surface area contributed by atoms with Crippen LogP contribution in [0.1, 0.15) is 30.4 Å². The van der Waals surface area contributed by atoms with E-state index in [0.29, 0.717) is 6.42 Å². The molecular formula is C21H26N2O2. The minimum atomic E-state index is 0.0104. The van der Waals surface area contributed by atoms with Crippen LogP contribution in [0.3, 0.4) is 0 Å². The first-order chi connectivity index (χ1) is 12.2. The number of hydrogen-bond acceptors (Lipinski definition) is 3. The third kappa shape index (κ3) is 5.07. The van der Waals surface area contributed by atoms with Gasteiger partial charge >= 0.3 is 0 Å². The summed E-state index contributed by atoms with van der Waals surface area (Å²) in [7, 11) is 1.64. The van der Waals surface area contributed by atoms with Crippen LogP contribution >= 0.6 is 0 Å². The van der Waals surface area contributed by atoms with E-state index in [0.717, 1.165) is 36.6 Å². The molecule has 1 saturated heterocycles. The molecule has 1 amide bonds. The summed E-state index contributed by atoms with van der Waals surface area (Å²) in [5.41, 5.74) is 3.09. The van der Waals surface area contributed by atoms with Crippen molar-refractivity contribution in [2.75, 3.05) is 25.5 Å². The molecule has 2 aromatic rings. The van der Waals surface area contributed by atoms with Crippen LogP contribution in [0.25, 0.3) is 0 Å². The fourth-order valence-corrected chi connectivity index (χ4v) is 3.26. The molecule has 4 nitrogen and oxygen atoms in total. The van der Waals surface area contributed by atoms with E-state index in [1.165, 1.54) is 24.8 Å². The Morgan fingerprint density at radius 1 is 1.04 bits per heavy atom. The van der Waals surface area contributed by atoms with E-state index in [1.807, 2.05) is 42.5 Å². The first-order valence-corrected chi connectivity index (χ1v) is 8.97. The molecule has 0 spiro atoms. The van der Waals surface area contributed by atoms with Crippen molar-refractivity contribution >= 4 is 11.6 Å². The zero-order valence-electron chi connectivity index (χ0n) is 14.8. The van der Waals surface area contributed by atoms with Crippen molar-refractivity contribution in [1.29, 1.82) is 0 Å². The highest BCUT2D eigenvalue weighted by molar-refractivity contribution is 5.93. The molecule has 1 aliphatic heterocycles. The second kappa shape index (κ2) is 8.67. The standard InChI is InChI=1S/C21H26N2O2/c1-25-19-11-9-17(10-12-19)15-21(24)22-20-8-4-3-7-18(20)16-23-13-5-2-6-14-23/h3-4,7-12H,2,5-6,13-16H2,1H3,(H,22,24). The topological polar surface area (TPSA) is 41.6 Å². The van der Waals surface area contributed by atoms with Gasteiger partial charge in [-0.2, -0.15) is 0 Å². The van der Waals surface area contributed by atoms with Crippen molar-refractivity contribution in [3.63, 3.8) is 0 Å². The van der Waals surface area contributed by atoms with Gasteiger partial charge in [-0.25, -0.2) is 0 Å². The van der Waals surface area contributed by atoms with Crippen molar-refractivity contribution in [3.8, 4) is 5.75 Å². The number of anilines is 1. The van der Waals surface area contributed by atoms with Crippen molar-refractivity contribution in [3.05, 3.63) is 59.7 Å². The lowest BCUT2D eigenvalue weighted by molar-refractivity contribution is -0.115. The second-order valence-electron chi connectivity index (χ2n) is 6.57. The van der Waals surface area contributed by atoms with Crippen molar-refractivity contribution in [1.82, 2.24) is 4.90 Å². The maximum absolute atomic E-state index is 12.4. The van der Waals surface area contributed by atoms with Gasteiger partial charge < -0.3 is 10.1 Å². The smallest absolute Gasteiger partial charge is 0.228 e. The third-order valence-corrected chi connectivity index (χ3v) is 4.66. The van der Waals surface area contributed by atoms with Gasteiger partial charge in [0.1, 0.15) is 5.75 Å². The van der Waals surface area contributed by atoms with Crippen molar-refractivity contribution < 1.29 is 9.53 Å². The lowest BCUT2D eigenvalue weighted by atomic mass is 10.1. The Morgan fingerprint density at radius 3 is 2.48 bits per heavy atom. The Kier molecular flexibility index (Phi) is 6.07. The second-order valence-corrected chi connectivity index (χ2v) is 6.57. The number of nitrogens with one attached hydrogen (secondary N) is 1. The molecule has 1 N–H and O–H groups in total. The number of likely N-dealkylation sites (tertiary alicyclic amines) is 1. The third-order valence-electron chi connectivity index (χ3n) is 4.66. The molecule has 1 fully saturated rings. The number of nitrogens with zero attached hydrogens (tertiary/aromatic N) is 1. The molecule has 132 valence electrons. The molecule has 4 heteroatoms. The molecule has 0 atom stereocenters. The van der Waals surface area contributed by atoms with Crippen LogP contribution < -0.4 is 10.1 Å². The number of rotatable bonds is 6. The molecule has 2 aromatic carbocycles. The quantitative estimate of drug-likeness (QED) is 0.869. The highest BCUT2D eigenvalue weighted by Crippen LogP contribution is 2.20. The molecule has 0 bridgehead atoms. The van der Waals surface area contributed by atoms with Gasteiger partial charge in [-0.1, -0.05) is 36.8 Å². The van der Waals surface area contributed by atoms with E-state index in [-0.39, 0.29) is 5.91 Å². The number of hydrogen-bond donors (Lipinski definition) is 1.